The third-order valence-corrected chi connectivity index (χ3v) is 4.96. The van der Waals surface area contributed by atoms with Gasteiger partial charge >= 0.3 is 5.69 Å². The molecule has 0 radical (unpaired) electrons. The fraction of sp³-hybridized carbons (Fsp3) is 0.316. The molecule has 0 N–H and O–H groups in total. The van der Waals surface area contributed by atoms with Crippen LogP contribution in [-0.2, 0) is 0 Å². The van der Waals surface area contributed by atoms with E-state index in [0.717, 1.165) is 18.7 Å². The lowest BCUT2D eigenvalue weighted by Gasteiger charge is -2.37. The van der Waals surface area contributed by atoms with Gasteiger partial charge in [0.15, 0.2) is 0 Å². The lowest BCUT2D eigenvalue weighted by molar-refractivity contribution is -0.384. The van der Waals surface area contributed by atoms with Gasteiger partial charge in [-0.25, -0.2) is 4.98 Å². The molecule has 3 heterocycles. The number of nitrogens with zero attached hydrogens (tertiary/aromatic N) is 6. The van der Waals surface area contributed by atoms with Crippen molar-refractivity contribution in [2.45, 2.75) is 13.0 Å². The number of hydrogen-bond donors (Lipinski definition) is 0. The van der Waals surface area contributed by atoms with Crippen LogP contribution in [0.15, 0.2) is 53.2 Å². The van der Waals surface area contributed by atoms with Crippen molar-refractivity contribution >= 4 is 11.5 Å². The minimum atomic E-state index is -0.388. The molecule has 2 aromatic heterocycles. The normalized spacial score (nSPS) is 16.1. The van der Waals surface area contributed by atoms with Crippen molar-refractivity contribution in [2.75, 3.05) is 31.1 Å². The molecule has 1 saturated heterocycles. The van der Waals surface area contributed by atoms with Gasteiger partial charge in [-0.15, -0.1) is 0 Å². The third-order valence-electron chi connectivity index (χ3n) is 4.96. The Hall–Kier alpha value is -3.33. The quantitative estimate of drug-likeness (QED) is 0.492. The van der Waals surface area contributed by atoms with Gasteiger partial charge in [-0.1, -0.05) is 35.5 Å². The number of hydrogen-bond acceptors (Lipinski definition) is 8. The standard InChI is InChI=1S/C19H20N6O3/c1-14(19-21-17(22-28-19)15-6-3-2-4-7-15)23-10-12-24(13-11-23)18-16(25(26)27)8-5-9-20-18/h2-9,14H,10-13H2,1H3/t14-/m0/s1. The molecule has 0 spiro atoms. The molecule has 9 heteroatoms. The van der Waals surface area contributed by atoms with Crippen LogP contribution in [0.3, 0.4) is 0 Å². The molecule has 1 aliphatic rings. The van der Waals surface area contributed by atoms with E-state index in [2.05, 4.69) is 20.0 Å². The fourth-order valence-corrected chi connectivity index (χ4v) is 3.36. The largest absolute Gasteiger partial charge is 0.348 e. The van der Waals surface area contributed by atoms with Gasteiger partial charge in [-0.05, 0) is 13.0 Å². The van der Waals surface area contributed by atoms with Crippen molar-refractivity contribution in [2.24, 2.45) is 0 Å². The summed E-state index contributed by atoms with van der Waals surface area (Å²) in [6, 6.07) is 12.7. The molecule has 1 aromatic carbocycles. The van der Waals surface area contributed by atoms with E-state index in [1.165, 1.54) is 6.07 Å². The number of rotatable bonds is 5. The van der Waals surface area contributed by atoms with Crippen LogP contribution in [0.4, 0.5) is 11.5 Å². The number of aromatic nitrogens is 3. The second-order valence-electron chi connectivity index (χ2n) is 6.62. The first-order chi connectivity index (χ1) is 13.6. The summed E-state index contributed by atoms with van der Waals surface area (Å²) in [5, 5.41) is 15.3. The van der Waals surface area contributed by atoms with Crippen LogP contribution < -0.4 is 4.90 Å². The summed E-state index contributed by atoms with van der Waals surface area (Å²) in [4.78, 5) is 23.8. The summed E-state index contributed by atoms with van der Waals surface area (Å²) in [5.41, 5.74) is 0.949. The van der Waals surface area contributed by atoms with Crippen molar-refractivity contribution in [3.63, 3.8) is 0 Å². The van der Waals surface area contributed by atoms with E-state index in [0.29, 0.717) is 30.6 Å². The predicted octanol–water partition coefficient (Wildman–Crippen LogP) is 2.92. The molecule has 0 amide bonds. The molecule has 9 nitrogen and oxygen atoms in total. The van der Waals surface area contributed by atoms with Gasteiger partial charge in [0.25, 0.3) is 0 Å². The Bertz CT molecular complexity index is 953. The summed E-state index contributed by atoms with van der Waals surface area (Å²) in [6.45, 7) is 4.75. The molecule has 3 aromatic rings. The van der Waals surface area contributed by atoms with Gasteiger partial charge in [0.05, 0.1) is 11.0 Å². The van der Waals surface area contributed by atoms with E-state index in [1.54, 1.807) is 12.3 Å². The minimum absolute atomic E-state index is 0.0356. The highest BCUT2D eigenvalue weighted by Gasteiger charge is 2.29. The molecule has 0 saturated carbocycles. The first kappa shape index (κ1) is 18.1. The predicted molar refractivity (Wildman–Crippen MR) is 103 cm³/mol. The van der Waals surface area contributed by atoms with Gasteiger partial charge in [0.2, 0.25) is 17.5 Å². The molecule has 4 rings (SSSR count). The third kappa shape index (κ3) is 3.56. The minimum Gasteiger partial charge on any atom is -0.348 e. The highest BCUT2D eigenvalue weighted by Crippen LogP contribution is 2.28. The number of benzene rings is 1. The lowest BCUT2D eigenvalue weighted by Crippen LogP contribution is -2.47. The Kier molecular flexibility index (Phi) is 4.98. The summed E-state index contributed by atoms with van der Waals surface area (Å²) < 4.78 is 5.48. The lowest BCUT2D eigenvalue weighted by atomic mass is 10.2. The molecule has 1 aliphatic heterocycles. The van der Waals surface area contributed by atoms with Gasteiger partial charge in [0.1, 0.15) is 0 Å². The number of nitro groups is 1. The SMILES string of the molecule is C[C@@H](c1nc(-c2ccccc2)no1)N1CCN(c2ncccc2[N+](=O)[O-])CC1. The molecule has 0 aliphatic carbocycles. The van der Waals surface area contributed by atoms with E-state index < -0.39 is 0 Å². The molecule has 1 fully saturated rings. The molecule has 1 atom stereocenters. The highest BCUT2D eigenvalue weighted by molar-refractivity contribution is 5.57. The monoisotopic (exact) mass is 380 g/mol. The maximum Gasteiger partial charge on any atom is 0.311 e. The number of piperazine rings is 1. The van der Waals surface area contributed by atoms with Crippen LogP contribution in [0, 0.1) is 10.1 Å². The summed E-state index contributed by atoms with van der Waals surface area (Å²) >= 11 is 0. The van der Waals surface area contributed by atoms with Crippen LogP contribution in [0.1, 0.15) is 18.9 Å². The molecule has 28 heavy (non-hydrogen) atoms. The Morgan fingerprint density at radius 3 is 2.57 bits per heavy atom. The van der Waals surface area contributed by atoms with Gasteiger partial charge in [0, 0.05) is 44.0 Å². The van der Waals surface area contributed by atoms with Gasteiger partial charge in [-0.2, -0.15) is 4.98 Å². The van der Waals surface area contributed by atoms with Crippen LogP contribution in [-0.4, -0.2) is 51.1 Å². The summed E-state index contributed by atoms with van der Waals surface area (Å²) in [7, 11) is 0. The number of pyridine rings is 1. The van der Waals surface area contributed by atoms with Gasteiger partial charge in [-0.3, -0.25) is 15.0 Å². The second-order valence-corrected chi connectivity index (χ2v) is 6.62. The van der Waals surface area contributed by atoms with Crippen molar-refractivity contribution in [3.8, 4) is 11.4 Å². The van der Waals surface area contributed by atoms with Crippen molar-refractivity contribution in [1.29, 1.82) is 0 Å². The zero-order valence-corrected chi connectivity index (χ0v) is 15.4. The zero-order chi connectivity index (χ0) is 19.5. The van der Waals surface area contributed by atoms with Crippen LogP contribution in [0.5, 0.6) is 0 Å². The van der Waals surface area contributed by atoms with E-state index >= 15 is 0 Å². The summed E-state index contributed by atoms with van der Waals surface area (Å²) in [6.07, 6.45) is 1.58. The van der Waals surface area contributed by atoms with E-state index in [1.807, 2.05) is 42.2 Å². The topological polar surface area (TPSA) is 101 Å². The maximum absolute atomic E-state index is 11.2. The van der Waals surface area contributed by atoms with E-state index in [9.17, 15) is 10.1 Å². The Morgan fingerprint density at radius 2 is 1.86 bits per heavy atom. The summed E-state index contributed by atoms with van der Waals surface area (Å²) in [5.74, 6) is 1.56. The average Bonchev–Trinajstić information content (AvgIpc) is 3.24. The molecular weight excluding hydrogens is 360 g/mol. The van der Waals surface area contributed by atoms with Crippen LogP contribution in [0.25, 0.3) is 11.4 Å². The zero-order valence-electron chi connectivity index (χ0n) is 15.4. The van der Waals surface area contributed by atoms with E-state index in [-0.39, 0.29) is 16.7 Å². The highest BCUT2D eigenvalue weighted by atomic mass is 16.6. The maximum atomic E-state index is 11.2. The Labute approximate surface area is 161 Å². The van der Waals surface area contributed by atoms with Crippen molar-refractivity contribution in [3.05, 3.63) is 64.7 Å². The van der Waals surface area contributed by atoms with E-state index in [4.69, 9.17) is 4.52 Å². The first-order valence-electron chi connectivity index (χ1n) is 9.11. The molecule has 0 bridgehead atoms. The number of anilines is 1. The Morgan fingerprint density at radius 1 is 1.11 bits per heavy atom. The van der Waals surface area contributed by atoms with Crippen LogP contribution >= 0.6 is 0 Å². The molecular formula is C19H20N6O3. The Balaban J connectivity index is 1.43. The van der Waals surface area contributed by atoms with Crippen molar-refractivity contribution in [1.82, 2.24) is 20.0 Å². The average molecular weight is 380 g/mol. The smallest absolute Gasteiger partial charge is 0.311 e. The van der Waals surface area contributed by atoms with Gasteiger partial charge < -0.3 is 9.42 Å². The molecule has 144 valence electrons. The van der Waals surface area contributed by atoms with Crippen LogP contribution in [0.2, 0.25) is 0 Å². The second kappa shape index (κ2) is 7.73. The van der Waals surface area contributed by atoms with Crippen molar-refractivity contribution < 1.29 is 9.45 Å². The first-order valence-corrected chi connectivity index (χ1v) is 9.11. The fourth-order valence-electron chi connectivity index (χ4n) is 3.36. The molecule has 0 unspecified atom stereocenters.